The summed E-state index contributed by atoms with van der Waals surface area (Å²) in [5.74, 6) is -0.332. The van der Waals surface area contributed by atoms with Crippen LogP contribution in [0.4, 0.5) is 11.5 Å². The Hall–Kier alpha value is -3.21. The van der Waals surface area contributed by atoms with Crippen LogP contribution in [0.25, 0.3) is 5.69 Å². The van der Waals surface area contributed by atoms with Crippen molar-refractivity contribution >= 4 is 27.4 Å². The van der Waals surface area contributed by atoms with Gasteiger partial charge in [-0.15, -0.1) is 5.10 Å². The maximum atomic E-state index is 12.7. The number of rotatable bonds is 6. The van der Waals surface area contributed by atoms with Crippen LogP contribution in [0, 0.1) is 0 Å². The number of nitrogens with two attached hydrogens (primary N) is 1. The molecule has 2 aromatic carbocycles. The van der Waals surface area contributed by atoms with Crippen molar-refractivity contribution in [2.75, 3.05) is 31.6 Å². The first-order valence-corrected chi connectivity index (χ1v) is 10.8. The molecule has 0 atom stereocenters. The van der Waals surface area contributed by atoms with E-state index in [1.807, 2.05) is 30.3 Å². The lowest BCUT2D eigenvalue weighted by Gasteiger charge is -2.26. The second-order valence-corrected chi connectivity index (χ2v) is 8.64. The molecule has 0 unspecified atom stereocenters. The minimum atomic E-state index is -3.57. The molecule has 0 saturated carbocycles. The van der Waals surface area contributed by atoms with Crippen molar-refractivity contribution in [3.63, 3.8) is 0 Å². The Kier molecular flexibility index (Phi) is 5.53. The highest BCUT2D eigenvalue weighted by atomic mass is 32.2. The lowest BCUT2D eigenvalue weighted by Crippen LogP contribution is -2.40. The molecule has 9 nitrogen and oxygen atoms in total. The summed E-state index contributed by atoms with van der Waals surface area (Å²) >= 11 is 0. The van der Waals surface area contributed by atoms with Crippen molar-refractivity contribution in [1.82, 2.24) is 14.1 Å². The smallest absolute Gasteiger partial charge is 0.254 e. The van der Waals surface area contributed by atoms with Crippen LogP contribution < -0.4 is 11.1 Å². The number of para-hydroxylation sites is 1. The monoisotopic (exact) mass is 427 g/mol. The molecule has 156 valence electrons. The predicted octanol–water partition coefficient (Wildman–Crippen LogP) is 1.74. The molecule has 4 rings (SSSR count). The van der Waals surface area contributed by atoms with Gasteiger partial charge in [0, 0.05) is 25.0 Å². The Labute approximate surface area is 174 Å². The van der Waals surface area contributed by atoms with E-state index in [2.05, 4.69) is 10.4 Å². The summed E-state index contributed by atoms with van der Waals surface area (Å²) in [6, 6.07) is 15.6. The zero-order chi connectivity index (χ0) is 21.1. The van der Waals surface area contributed by atoms with Crippen LogP contribution in [0.2, 0.25) is 0 Å². The van der Waals surface area contributed by atoms with E-state index < -0.39 is 15.9 Å². The first-order valence-electron chi connectivity index (χ1n) is 9.35. The lowest BCUT2D eigenvalue weighted by molar-refractivity contribution is 0.0730. The highest BCUT2D eigenvalue weighted by Crippen LogP contribution is 2.24. The third-order valence-electron chi connectivity index (χ3n) is 4.73. The molecule has 30 heavy (non-hydrogen) atoms. The Balaban J connectivity index is 1.57. The van der Waals surface area contributed by atoms with Crippen molar-refractivity contribution in [2.24, 2.45) is 5.73 Å². The molecule has 3 aromatic rings. The summed E-state index contributed by atoms with van der Waals surface area (Å²) in [6.45, 7) is 1.44. The number of aromatic nitrogens is 2. The molecule has 1 aliphatic heterocycles. The number of nitrogens with zero attached hydrogens (tertiary/aromatic N) is 3. The van der Waals surface area contributed by atoms with Gasteiger partial charge in [0.05, 0.1) is 23.8 Å². The molecule has 0 bridgehead atoms. The molecule has 10 heteroatoms. The average Bonchev–Trinajstić information content (AvgIpc) is 3.19. The van der Waals surface area contributed by atoms with Crippen LogP contribution >= 0.6 is 0 Å². The number of sulfonamides is 1. The largest absolute Gasteiger partial charge is 0.379 e. The van der Waals surface area contributed by atoms with Crippen LogP contribution in [-0.4, -0.2) is 54.7 Å². The first kappa shape index (κ1) is 20.1. The standard InChI is InChI=1S/C20H21N5O4S/c21-19(26)18-14-25(16-4-2-1-3-5-16)23-20(18)22-15-6-8-17(9-7-15)30(27,28)24-10-12-29-13-11-24/h1-9,14H,10-13H2,(H2,21,26)(H,22,23). The van der Waals surface area contributed by atoms with Gasteiger partial charge in [0.2, 0.25) is 10.0 Å². The number of benzene rings is 2. The quantitative estimate of drug-likeness (QED) is 0.618. The van der Waals surface area contributed by atoms with Gasteiger partial charge in [0.1, 0.15) is 5.56 Å². The molecule has 1 amide bonds. The van der Waals surface area contributed by atoms with Gasteiger partial charge in [-0.05, 0) is 36.4 Å². The van der Waals surface area contributed by atoms with E-state index in [0.29, 0.717) is 32.0 Å². The van der Waals surface area contributed by atoms with Crippen molar-refractivity contribution in [3.8, 4) is 5.69 Å². The Morgan fingerprint density at radius 2 is 1.70 bits per heavy atom. The zero-order valence-electron chi connectivity index (χ0n) is 16.1. The number of amides is 1. The molecule has 1 aliphatic rings. The molecule has 3 N–H and O–H groups in total. The van der Waals surface area contributed by atoms with Crippen molar-refractivity contribution < 1.29 is 17.9 Å². The van der Waals surface area contributed by atoms with Gasteiger partial charge in [0.25, 0.3) is 5.91 Å². The van der Waals surface area contributed by atoms with E-state index >= 15 is 0 Å². The maximum Gasteiger partial charge on any atom is 0.254 e. The molecule has 2 heterocycles. The lowest BCUT2D eigenvalue weighted by atomic mass is 10.2. The fourth-order valence-electron chi connectivity index (χ4n) is 3.14. The van der Waals surface area contributed by atoms with Gasteiger partial charge < -0.3 is 15.8 Å². The van der Waals surface area contributed by atoms with E-state index in [0.717, 1.165) is 5.69 Å². The normalized spacial score (nSPS) is 15.1. The number of anilines is 2. The number of nitrogens with one attached hydrogen (secondary N) is 1. The number of primary amides is 1. The third kappa shape index (κ3) is 4.06. The van der Waals surface area contributed by atoms with Gasteiger partial charge in [-0.3, -0.25) is 4.79 Å². The number of ether oxygens (including phenoxy) is 1. The molecule has 1 saturated heterocycles. The van der Waals surface area contributed by atoms with Gasteiger partial charge >= 0.3 is 0 Å². The SMILES string of the molecule is NC(=O)c1cn(-c2ccccc2)nc1Nc1ccc(S(=O)(=O)N2CCOCC2)cc1. The Morgan fingerprint density at radius 1 is 1.03 bits per heavy atom. The van der Waals surface area contributed by atoms with E-state index in [1.165, 1.54) is 16.4 Å². The van der Waals surface area contributed by atoms with Crippen LogP contribution in [-0.2, 0) is 14.8 Å². The van der Waals surface area contributed by atoms with Crippen LogP contribution in [0.3, 0.4) is 0 Å². The average molecular weight is 427 g/mol. The van der Waals surface area contributed by atoms with Gasteiger partial charge in [-0.25, -0.2) is 13.1 Å². The molecular formula is C20H21N5O4S. The van der Waals surface area contributed by atoms with Gasteiger partial charge in [0.15, 0.2) is 5.82 Å². The van der Waals surface area contributed by atoms with Crippen molar-refractivity contribution in [2.45, 2.75) is 4.90 Å². The number of carbonyl (C=O) groups excluding carboxylic acids is 1. The van der Waals surface area contributed by atoms with E-state index in [1.54, 1.807) is 23.0 Å². The van der Waals surface area contributed by atoms with Gasteiger partial charge in [-0.1, -0.05) is 18.2 Å². The number of morpholine rings is 1. The van der Waals surface area contributed by atoms with Gasteiger partial charge in [-0.2, -0.15) is 4.31 Å². The molecule has 1 aromatic heterocycles. The van der Waals surface area contributed by atoms with Crippen LogP contribution in [0.15, 0.2) is 65.7 Å². The number of hydrogen-bond donors (Lipinski definition) is 2. The van der Waals surface area contributed by atoms with Crippen LogP contribution in [0.1, 0.15) is 10.4 Å². The number of carbonyl (C=O) groups is 1. The minimum absolute atomic E-state index is 0.194. The topological polar surface area (TPSA) is 120 Å². The molecule has 0 aliphatic carbocycles. The summed E-state index contributed by atoms with van der Waals surface area (Å²) < 4.78 is 33.6. The van der Waals surface area contributed by atoms with E-state index in [4.69, 9.17) is 10.5 Å². The first-order chi connectivity index (χ1) is 14.4. The van der Waals surface area contributed by atoms with Crippen molar-refractivity contribution in [3.05, 3.63) is 66.4 Å². The summed E-state index contributed by atoms with van der Waals surface area (Å²) in [5, 5.41) is 7.45. The fourth-order valence-corrected chi connectivity index (χ4v) is 4.55. The number of hydrogen-bond acceptors (Lipinski definition) is 6. The van der Waals surface area contributed by atoms with E-state index in [9.17, 15) is 13.2 Å². The molecule has 0 spiro atoms. The van der Waals surface area contributed by atoms with Crippen LogP contribution in [0.5, 0.6) is 0 Å². The Morgan fingerprint density at radius 3 is 2.33 bits per heavy atom. The van der Waals surface area contributed by atoms with Crippen molar-refractivity contribution in [1.29, 1.82) is 0 Å². The predicted molar refractivity (Wildman–Crippen MR) is 111 cm³/mol. The summed E-state index contributed by atoms with van der Waals surface area (Å²) in [4.78, 5) is 12.0. The fraction of sp³-hybridized carbons (Fsp3) is 0.200. The maximum absolute atomic E-state index is 12.7. The van der Waals surface area contributed by atoms with E-state index in [-0.39, 0.29) is 16.3 Å². The highest BCUT2D eigenvalue weighted by Gasteiger charge is 2.26. The highest BCUT2D eigenvalue weighted by molar-refractivity contribution is 7.89. The second kappa shape index (κ2) is 8.27. The summed E-state index contributed by atoms with van der Waals surface area (Å²) in [6.07, 6.45) is 1.55. The third-order valence-corrected chi connectivity index (χ3v) is 6.64. The summed E-state index contributed by atoms with van der Waals surface area (Å²) in [5.41, 5.74) is 7.08. The molecule has 1 fully saturated rings. The Bertz CT molecular complexity index is 1140. The summed E-state index contributed by atoms with van der Waals surface area (Å²) in [7, 11) is -3.57. The zero-order valence-corrected chi connectivity index (χ0v) is 16.9. The second-order valence-electron chi connectivity index (χ2n) is 6.70. The minimum Gasteiger partial charge on any atom is -0.379 e. The molecular weight excluding hydrogens is 406 g/mol. The molecule has 0 radical (unpaired) electrons.